The summed E-state index contributed by atoms with van der Waals surface area (Å²) in [5.74, 6) is 0.678. The number of rotatable bonds is 8. The van der Waals surface area contributed by atoms with Gasteiger partial charge in [-0.2, -0.15) is 0 Å². The molecule has 1 aliphatic rings. The SMILES string of the molecule is CC(C)(CCO)NCC(O)COc1cccc2c1C(C)(C)C[NH+]2[O-]. The highest BCUT2D eigenvalue weighted by Crippen LogP contribution is 2.38. The van der Waals surface area contributed by atoms with E-state index in [-0.39, 0.29) is 29.2 Å². The Morgan fingerprint density at radius 3 is 2.79 bits per heavy atom. The largest absolute Gasteiger partial charge is 0.629 e. The van der Waals surface area contributed by atoms with Crippen LogP contribution in [-0.4, -0.2) is 48.2 Å². The van der Waals surface area contributed by atoms with Crippen molar-refractivity contribution in [2.75, 3.05) is 26.3 Å². The molecule has 0 saturated heterocycles. The number of hydroxylamine groups is 1. The highest BCUT2D eigenvalue weighted by molar-refractivity contribution is 5.55. The fraction of sp³-hybridized carbons (Fsp3) is 0.667. The van der Waals surface area contributed by atoms with Gasteiger partial charge in [-0.1, -0.05) is 6.07 Å². The van der Waals surface area contributed by atoms with Crippen LogP contribution in [0.4, 0.5) is 5.69 Å². The van der Waals surface area contributed by atoms with E-state index in [2.05, 4.69) is 5.32 Å². The van der Waals surface area contributed by atoms with Crippen LogP contribution in [0, 0.1) is 5.21 Å². The molecule has 0 bridgehead atoms. The molecule has 0 aliphatic carbocycles. The molecule has 0 amide bonds. The standard InChI is InChI=1S/C18H30N2O4/c1-17(2)12-20(23)14-6-5-7-15(16(14)17)24-11-13(22)10-19-18(3,4)8-9-21/h5-7,13,19-22H,8-12H2,1-4H3. The van der Waals surface area contributed by atoms with E-state index >= 15 is 0 Å². The molecule has 0 radical (unpaired) electrons. The number of aliphatic hydroxyl groups is 2. The first-order chi connectivity index (χ1) is 11.2. The van der Waals surface area contributed by atoms with Crippen LogP contribution in [0.5, 0.6) is 5.75 Å². The Morgan fingerprint density at radius 1 is 1.42 bits per heavy atom. The van der Waals surface area contributed by atoms with Crippen molar-refractivity contribution in [3.05, 3.63) is 29.0 Å². The number of ether oxygens (including phenoxy) is 1. The van der Waals surface area contributed by atoms with Crippen molar-refractivity contribution in [2.24, 2.45) is 0 Å². The first-order valence-corrected chi connectivity index (χ1v) is 8.50. The second-order valence-electron chi connectivity index (χ2n) is 7.87. The lowest BCUT2D eigenvalue weighted by molar-refractivity contribution is -0.773. The monoisotopic (exact) mass is 338 g/mol. The summed E-state index contributed by atoms with van der Waals surface area (Å²) in [7, 11) is 0. The van der Waals surface area contributed by atoms with E-state index in [4.69, 9.17) is 9.84 Å². The Morgan fingerprint density at radius 2 is 2.12 bits per heavy atom. The lowest BCUT2D eigenvalue weighted by Crippen LogP contribution is -3.01. The summed E-state index contributed by atoms with van der Waals surface area (Å²) in [6.45, 7) is 9.17. The number of quaternary nitrogens is 1. The first-order valence-electron chi connectivity index (χ1n) is 8.50. The third kappa shape index (κ3) is 4.46. The Kier molecular flexibility index (Phi) is 5.88. The predicted octanol–water partition coefficient (Wildman–Crippen LogP) is 0.482. The number of aliphatic hydroxyl groups excluding tert-OH is 2. The molecule has 1 heterocycles. The molecule has 0 fully saturated rings. The van der Waals surface area contributed by atoms with Gasteiger partial charge in [0.05, 0.1) is 12.1 Å². The van der Waals surface area contributed by atoms with Crippen LogP contribution in [0.25, 0.3) is 0 Å². The van der Waals surface area contributed by atoms with Crippen LogP contribution < -0.4 is 15.1 Å². The molecule has 4 N–H and O–H groups in total. The average Bonchev–Trinajstić information content (AvgIpc) is 2.73. The maximum atomic E-state index is 12.1. The molecule has 0 saturated carbocycles. The zero-order chi connectivity index (χ0) is 18.0. The first kappa shape index (κ1) is 19.1. The molecule has 1 aliphatic heterocycles. The van der Waals surface area contributed by atoms with Crippen LogP contribution in [-0.2, 0) is 5.41 Å². The van der Waals surface area contributed by atoms with Gasteiger partial charge < -0.3 is 30.5 Å². The molecule has 2 rings (SSSR count). The minimum atomic E-state index is -0.668. The second-order valence-corrected chi connectivity index (χ2v) is 7.87. The Bertz CT molecular complexity index is 560. The maximum absolute atomic E-state index is 12.1. The Hall–Kier alpha value is -1.18. The van der Waals surface area contributed by atoms with Crippen LogP contribution in [0.15, 0.2) is 18.2 Å². The normalized spacial score (nSPS) is 20.7. The van der Waals surface area contributed by atoms with Crippen LogP contribution in [0.2, 0.25) is 0 Å². The smallest absolute Gasteiger partial charge is 0.138 e. The van der Waals surface area contributed by atoms with Crippen molar-refractivity contribution in [3.8, 4) is 5.75 Å². The lowest BCUT2D eigenvalue weighted by Gasteiger charge is -2.27. The topological polar surface area (TPSA) is 89.2 Å². The molecular weight excluding hydrogens is 308 g/mol. The quantitative estimate of drug-likeness (QED) is 0.518. The molecule has 2 unspecified atom stereocenters. The summed E-state index contributed by atoms with van der Waals surface area (Å²) in [6.07, 6.45) is -0.0534. The minimum Gasteiger partial charge on any atom is -0.629 e. The fourth-order valence-electron chi connectivity index (χ4n) is 3.17. The van der Waals surface area contributed by atoms with E-state index in [0.29, 0.717) is 25.3 Å². The minimum absolute atomic E-state index is 0.103. The highest BCUT2D eigenvalue weighted by atomic mass is 16.5. The third-order valence-corrected chi connectivity index (χ3v) is 4.59. The summed E-state index contributed by atoms with van der Waals surface area (Å²) >= 11 is 0. The van der Waals surface area contributed by atoms with E-state index in [1.54, 1.807) is 0 Å². The van der Waals surface area contributed by atoms with Crippen molar-refractivity contribution in [1.82, 2.24) is 5.32 Å². The number of β-amino-alcohol motifs (C(OH)–C–C–N with tert-alkyl or cyclic N) is 1. The van der Waals surface area contributed by atoms with Crippen molar-refractivity contribution in [1.29, 1.82) is 0 Å². The third-order valence-electron chi connectivity index (χ3n) is 4.59. The molecule has 6 nitrogen and oxygen atoms in total. The van der Waals surface area contributed by atoms with Crippen LogP contribution in [0.3, 0.4) is 0 Å². The van der Waals surface area contributed by atoms with Gasteiger partial charge in [-0.15, -0.1) is 0 Å². The van der Waals surface area contributed by atoms with E-state index in [1.165, 1.54) is 0 Å². The van der Waals surface area contributed by atoms with Gasteiger partial charge >= 0.3 is 0 Å². The Balaban J connectivity index is 1.96. The number of hydrogen-bond donors (Lipinski definition) is 4. The molecule has 1 aromatic rings. The van der Waals surface area contributed by atoms with Gasteiger partial charge in [0.1, 0.15) is 24.1 Å². The van der Waals surface area contributed by atoms with Gasteiger partial charge in [0.2, 0.25) is 0 Å². The summed E-state index contributed by atoms with van der Waals surface area (Å²) in [6, 6.07) is 5.52. The molecule has 2 atom stereocenters. The zero-order valence-corrected chi connectivity index (χ0v) is 15.1. The van der Waals surface area contributed by atoms with Crippen molar-refractivity contribution < 1.29 is 20.0 Å². The van der Waals surface area contributed by atoms with Crippen molar-refractivity contribution >= 4 is 5.69 Å². The number of hydrogen-bond acceptors (Lipinski definition) is 5. The summed E-state index contributed by atoms with van der Waals surface area (Å²) < 4.78 is 5.83. The van der Waals surface area contributed by atoms with E-state index in [9.17, 15) is 10.3 Å². The van der Waals surface area contributed by atoms with Crippen molar-refractivity contribution in [3.63, 3.8) is 0 Å². The van der Waals surface area contributed by atoms with Gasteiger partial charge in [-0.3, -0.25) is 0 Å². The number of benzene rings is 1. The van der Waals surface area contributed by atoms with Gasteiger partial charge in [0.15, 0.2) is 0 Å². The Labute approximate surface area is 144 Å². The predicted molar refractivity (Wildman–Crippen MR) is 93.6 cm³/mol. The van der Waals surface area contributed by atoms with Crippen molar-refractivity contribution in [2.45, 2.75) is 51.2 Å². The van der Waals surface area contributed by atoms with E-state index in [0.717, 1.165) is 11.3 Å². The molecule has 1 aromatic carbocycles. The number of nitrogens with one attached hydrogen (secondary N) is 2. The number of fused-ring (bicyclic) bond motifs is 1. The molecular formula is C18H30N2O4. The molecule has 6 heteroatoms. The fourth-order valence-corrected chi connectivity index (χ4v) is 3.17. The second kappa shape index (κ2) is 7.37. The van der Waals surface area contributed by atoms with Crippen LogP contribution >= 0.6 is 0 Å². The lowest BCUT2D eigenvalue weighted by atomic mass is 9.86. The van der Waals surface area contributed by atoms with E-state index in [1.807, 2.05) is 45.9 Å². The molecule has 0 aromatic heterocycles. The zero-order valence-electron chi connectivity index (χ0n) is 15.1. The highest BCUT2D eigenvalue weighted by Gasteiger charge is 2.39. The van der Waals surface area contributed by atoms with Gasteiger partial charge in [0, 0.05) is 24.1 Å². The summed E-state index contributed by atoms with van der Waals surface area (Å²) in [4.78, 5) is 0. The van der Waals surface area contributed by atoms with Gasteiger partial charge in [0.25, 0.3) is 0 Å². The maximum Gasteiger partial charge on any atom is 0.138 e. The summed E-state index contributed by atoms with van der Waals surface area (Å²) in [5.41, 5.74) is 1.19. The van der Waals surface area contributed by atoms with Crippen LogP contribution in [0.1, 0.15) is 39.7 Å². The molecule has 24 heavy (non-hydrogen) atoms. The molecule has 136 valence electrons. The average molecular weight is 338 g/mol. The summed E-state index contributed by atoms with van der Waals surface area (Å²) in [5, 5.41) is 34.7. The van der Waals surface area contributed by atoms with Gasteiger partial charge in [-0.05, 0) is 46.2 Å². The van der Waals surface area contributed by atoms with E-state index < -0.39 is 6.10 Å². The molecule has 0 spiro atoms. The van der Waals surface area contributed by atoms with Gasteiger partial charge in [-0.25, -0.2) is 0 Å².